The summed E-state index contributed by atoms with van der Waals surface area (Å²) in [6, 6.07) is 8.63. The van der Waals surface area contributed by atoms with Crippen LogP contribution in [0.15, 0.2) is 48.7 Å². The molecule has 0 saturated heterocycles. The summed E-state index contributed by atoms with van der Waals surface area (Å²) < 4.78 is 0. The van der Waals surface area contributed by atoms with Crippen molar-refractivity contribution in [3.8, 4) is 5.75 Å². The fourth-order valence-corrected chi connectivity index (χ4v) is 5.52. The highest BCUT2D eigenvalue weighted by atomic mass is 16.4. The zero-order chi connectivity index (χ0) is 35.2. The molecule has 0 radical (unpaired) electrons. The van der Waals surface area contributed by atoms with Gasteiger partial charge in [0.15, 0.2) is 17.0 Å². The van der Waals surface area contributed by atoms with Gasteiger partial charge in [-0.2, -0.15) is 9.97 Å². The Hall–Kier alpha value is -6.06. The predicted molar refractivity (Wildman–Crippen MR) is 179 cm³/mol. The maximum Gasteiger partial charge on any atom is 0.326 e. The molecule has 49 heavy (non-hydrogen) atoms. The largest absolute Gasteiger partial charge is 0.508 e. The molecule has 1 aliphatic carbocycles. The van der Waals surface area contributed by atoms with Crippen LogP contribution in [0.3, 0.4) is 0 Å². The minimum absolute atomic E-state index is 0.00506. The van der Waals surface area contributed by atoms with Crippen LogP contribution in [0.5, 0.6) is 5.75 Å². The standard InChI is InChI=1S/C33H37N9O7/c1-42(16-20-15-36-29-27(37-20)28(34)40-33(35)41-29)21-8-6-19(7-9-21)30(46)38-23(10-12-26(44)45)31(47)39-24(32(48)49)14-17-5-11-25(43)22(13-17)18-3-2-4-18/h5-9,11,13,15,18,23-24,43H,2-4,10,12,14,16H2,1H3,(H,38,46)(H,39,47)(H,44,45)(H,48,49)(H4,34,35,36,40,41)/t23-,24-/m0/s1. The van der Waals surface area contributed by atoms with Gasteiger partial charge in [0.1, 0.15) is 17.8 Å². The number of hydrogen-bond donors (Lipinski definition) is 7. The Morgan fingerprint density at radius 3 is 2.37 bits per heavy atom. The van der Waals surface area contributed by atoms with E-state index in [2.05, 4.69) is 30.6 Å². The number of aromatic nitrogens is 4. The molecule has 0 spiro atoms. The summed E-state index contributed by atoms with van der Waals surface area (Å²) >= 11 is 0. The van der Waals surface area contributed by atoms with Gasteiger partial charge in [0, 0.05) is 31.1 Å². The van der Waals surface area contributed by atoms with Crippen LogP contribution in [-0.2, 0) is 27.3 Å². The topological polar surface area (TPSA) is 260 Å². The van der Waals surface area contributed by atoms with E-state index in [9.17, 15) is 34.5 Å². The molecule has 0 unspecified atom stereocenters. The second-order valence-electron chi connectivity index (χ2n) is 12.0. The molecule has 4 aromatic rings. The average Bonchev–Trinajstić information content (AvgIpc) is 3.03. The van der Waals surface area contributed by atoms with E-state index in [4.69, 9.17) is 11.5 Å². The van der Waals surface area contributed by atoms with Crippen LogP contribution < -0.4 is 27.0 Å². The van der Waals surface area contributed by atoms with Crippen molar-refractivity contribution >= 4 is 52.4 Å². The Morgan fingerprint density at radius 1 is 0.980 bits per heavy atom. The number of rotatable bonds is 14. The first-order chi connectivity index (χ1) is 23.4. The first-order valence-corrected chi connectivity index (χ1v) is 15.6. The van der Waals surface area contributed by atoms with Gasteiger partial charge >= 0.3 is 11.9 Å². The van der Waals surface area contributed by atoms with E-state index in [0.717, 1.165) is 30.5 Å². The number of amides is 2. The molecule has 2 heterocycles. The van der Waals surface area contributed by atoms with Crippen LogP contribution in [0.25, 0.3) is 11.2 Å². The van der Waals surface area contributed by atoms with Crippen LogP contribution in [0, 0.1) is 0 Å². The third kappa shape index (κ3) is 8.46. The lowest BCUT2D eigenvalue weighted by atomic mass is 9.79. The van der Waals surface area contributed by atoms with Crippen molar-refractivity contribution in [2.45, 2.75) is 63.1 Å². The van der Waals surface area contributed by atoms with Crippen molar-refractivity contribution in [1.82, 2.24) is 30.6 Å². The summed E-state index contributed by atoms with van der Waals surface area (Å²) in [5.74, 6) is -3.51. The lowest BCUT2D eigenvalue weighted by Crippen LogP contribution is -2.52. The van der Waals surface area contributed by atoms with Gasteiger partial charge in [-0.25, -0.2) is 14.8 Å². The molecule has 1 fully saturated rings. The van der Waals surface area contributed by atoms with Gasteiger partial charge in [0.2, 0.25) is 11.9 Å². The van der Waals surface area contributed by atoms with Gasteiger partial charge in [-0.1, -0.05) is 18.6 Å². The van der Waals surface area contributed by atoms with Crippen molar-refractivity contribution in [3.05, 3.63) is 71.0 Å². The monoisotopic (exact) mass is 671 g/mol. The second kappa shape index (κ2) is 14.8. The molecule has 0 aliphatic heterocycles. The molecule has 2 amide bonds. The molecule has 1 aliphatic rings. The highest BCUT2D eigenvalue weighted by molar-refractivity contribution is 5.98. The number of fused-ring (bicyclic) bond motifs is 1. The summed E-state index contributed by atoms with van der Waals surface area (Å²) in [4.78, 5) is 68.5. The van der Waals surface area contributed by atoms with Crippen molar-refractivity contribution < 1.29 is 34.5 Å². The number of aliphatic carboxylic acids is 2. The number of hydrogen-bond acceptors (Lipinski definition) is 12. The third-order valence-corrected chi connectivity index (χ3v) is 8.43. The first kappa shape index (κ1) is 34.3. The molecule has 0 bridgehead atoms. The molecule has 1 saturated carbocycles. The second-order valence-corrected chi connectivity index (χ2v) is 12.0. The van der Waals surface area contributed by atoms with E-state index in [1.807, 2.05) is 4.90 Å². The van der Waals surface area contributed by atoms with E-state index < -0.39 is 42.3 Å². The number of anilines is 3. The number of nitrogens with two attached hydrogens (primary N) is 2. The van der Waals surface area contributed by atoms with E-state index in [-0.39, 0.29) is 47.5 Å². The maximum atomic E-state index is 13.3. The lowest BCUT2D eigenvalue weighted by Gasteiger charge is -2.27. The summed E-state index contributed by atoms with van der Waals surface area (Å²) in [6.45, 7) is 0.326. The van der Waals surface area contributed by atoms with Gasteiger partial charge < -0.3 is 42.3 Å². The summed E-state index contributed by atoms with van der Waals surface area (Å²) in [7, 11) is 1.81. The molecule has 16 heteroatoms. The van der Waals surface area contributed by atoms with Crippen molar-refractivity contribution in [1.29, 1.82) is 0 Å². The number of phenols is 1. The van der Waals surface area contributed by atoms with Crippen LogP contribution in [0.1, 0.15) is 65.2 Å². The number of nitrogens with zero attached hydrogens (tertiary/aromatic N) is 5. The fraction of sp³-hybridized carbons (Fsp3) is 0.333. The zero-order valence-corrected chi connectivity index (χ0v) is 26.7. The molecule has 2 aromatic carbocycles. The SMILES string of the molecule is CN(Cc1cnc2nc(N)nc(N)c2n1)c1ccc(C(=O)N[C@@H](CCC(=O)O)C(=O)N[C@@H](Cc2ccc(O)c(C3CCC3)c2)C(=O)O)cc1. The summed E-state index contributed by atoms with van der Waals surface area (Å²) in [5.41, 5.74) is 15.0. The lowest BCUT2D eigenvalue weighted by molar-refractivity contribution is -0.142. The summed E-state index contributed by atoms with van der Waals surface area (Å²) in [5, 5.41) is 34.4. The number of phenolic OH excluding ortho intramolecular Hbond substituents is 1. The predicted octanol–water partition coefficient (Wildman–Crippen LogP) is 1.97. The Morgan fingerprint density at radius 2 is 1.71 bits per heavy atom. The molecule has 256 valence electrons. The number of benzene rings is 2. The number of carboxylic acids is 2. The van der Waals surface area contributed by atoms with Gasteiger partial charge in [-0.05, 0) is 66.6 Å². The van der Waals surface area contributed by atoms with E-state index in [1.165, 1.54) is 6.07 Å². The van der Waals surface area contributed by atoms with Crippen molar-refractivity contribution in [3.63, 3.8) is 0 Å². The van der Waals surface area contributed by atoms with Crippen molar-refractivity contribution in [2.75, 3.05) is 23.4 Å². The normalized spacial score (nSPS) is 14.0. The van der Waals surface area contributed by atoms with Gasteiger partial charge in [0.25, 0.3) is 5.91 Å². The highest BCUT2D eigenvalue weighted by Gasteiger charge is 2.29. The zero-order valence-electron chi connectivity index (χ0n) is 26.7. The number of nitrogens with one attached hydrogen (secondary N) is 2. The molecule has 2 aromatic heterocycles. The first-order valence-electron chi connectivity index (χ1n) is 15.6. The Bertz CT molecular complexity index is 1880. The highest BCUT2D eigenvalue weighted by Crippen LogP contribution is 2.40. The Balaban J connectivity index is 1.24. The van der Waals surface area contributed by atoms with Crippen LogP contribution in [0.2, 0.25) is 0 Å². The Labute approximate surface area is 280 Å². The number of aromatic hydroxyl groups is 1. The summed E-state index contributed by atoms with van der Waals surface area (Å²) in [6.07, 6.45) is 3.69. The quantitative estimate of drug-likeness (QED) is 0.101. The van der Waals surface area contributed by atoms with Crippen LogP contribution >= 0.6 is 0 Å². The smallest absolute Gasteiger partial charge is 0.326 e. The van der Waals surface area contributed by atoms with E-state index >= 15 is 0 Å². The van der Waals surface area contributed by atoms with Gasteiger partial charge in [-0.15, -0.1) is 0 Å². The molecule has 16 nitrogen and oxygen atoms in total. The average molecular weight is 672 g/mol. The van der Waals surface area contributed by atoms with Gasteiger partial charge in [0.05, 0.1) is 18.4 Å². The molecule has 9 N–H and O–H groups in total. The molecule has 2 atom stereocenters. The molecule has 5 rings (SSSR count). The molecular weight excluding hydrogens is 634 g/mol. The van der Waals surface area contributed by atoms with Crippen molar-refractivity contribution in [2.24, 2.45) is 0 Å². The van der Waals surface area contributed by atoms with E-state index in [1.54, 1.807) is 49.6 Å². The third-order valence-electron chi connectivity index (χ3n) is 8.43. The fourth-order valence-electron chi connectivity index (χ4n) is 5.52. The van der Waals surface area contributed by atoms with Crippen LogP contribution in [-0.4, -0.2) is 78.1 Å². The number of carbonyl (C=O) groups is 4. The Kier molecular flexibility index (Phi) is 10.3. The number of carboxylic acid groups (broad SMARTS) is 2. The maximum absolute atomic E-state index is 13.3. The molecular formula is C33H37N9O7. The minimum atomic E-state index is -1.36. The number of carbonyl (C=O) groups excluding carboxylic acids is 2. The number of nitrogen functional groups attached to an aromatic ring is 2. The van der Waals surface area contributed by atoms with Gasteiger partial charge in [-0.3, -0.25) is 14.4 Å². The van der Waals surface area contributed by atoms with E-state index in [0.29, 0.717) is 23.3 Å². The van der Waals surface area contributed by atoms with Crippen LogP contribution in [0.4, 0.5) is 17.5 Å². The minimum Gasteiger partial charge on any atom is -0.508 e.